The van der Waals surface area contributed by atoms with Crippen LogP contribution in [0.25, 0.3) is 0 Å². The van der Waals surface area contributed by atoms with Gasteiger partial charge in [0, 0.05) is 19.0 Å². The van der Waals surface area contributed by atoms with Crippen LogP contribution in [0, 0.1) is 34.5 Å². The lowest BCUT2D eigenvalue weighted by atomic mass is 9.85. The second-order valence-electron chi connectivity index (χ2n) is 14.5. The van der Waals surface area contributed by atoms with Crippen molar-refractivity contribution >= 4 is 35.3 Å². The Kier molecular flexibility index (Phi) is 11.9. The maximum absolute atomic E-state index is 14.1. The number of amides is 5. The molecule has 0 spiro atoms. The first-order valence-electron chi connectivity index (χ1n) is 15.6. The summed E-state index contributed by atoms with van der Waals surface area (Å²) in [7, 11) is 0. The first-order chi connectivity index (χ1) is 20.4. The van der Waals surface area contributed by atoms with E-state index in [1.807, 2.05) is 19.2 Å². The molecule has 2 aliphatic rings. The Morgan fingerprint density at radius 2 is 1.51 bits per heavy atom. The highest BCUT2D eigenvalue weighted by atomic mass is 19.4. The minimum atomic E-state index is -4.51. The molecule has 0 bridgehead atoms. The summed E-state index contributed by atoms with van der Waals surface area (Å²) in [6.45, 7) is 17.3. The van der Waals surface area contributed by atoms with Crippen LogP contribution in [0.1, 0.15) is 82.1 Å². The molecule has 1 aliphatic carbocycles. The molecule has 11 nitrogen and oxygen atoms in total. The molecule has 0 aromatic heterocycles. The molecular formula is C31H50F3N5O6. The highest BCUT2D eigenvalue weighted by Gasteiger charge is 2.70. The highest BCUT2D eigenvalue weighted by Crippen LogP contribution is 2.65. The molecule has 1 saturated heterocycles. The molecule has 2 rings (SSSR count). The number of rotatable bonds is 13. The third kappa shape index (κ3) is 9.18. The third-order valence-electron chi connectivity index (χ3n) is 8.94. The van der Waals surface area contributed by atoms with Crippen LogP contribution in [0.3, 0.4) is 0 Å². The van der Waals surface area contributed by atoms with Gasteiger partial charge in [0.15, 0.2) is 5.78 Å². The van der Waals surface area contributed by atoms with Crippen LogP contribution in [-0.2, 0) is 24.0 Å². The van der Waals surface area contributed by atoms with Crippen molar-refractivity contribution in [2.75, 3.05) is 13.1 Å². The molecule has 1 aliphatic heterocycles. The monoisotopic (exact) mass is 645 g/mol. The summed E-state index contributed by atoms with van der Waals surface area (Å²) in [6, 6.07) is -4.87. The second kappa shape index (κ2) is 14.1. The van der Waals surface area contributed by atoms with Gasteiger partial charge in [0.25, 0.3) is 5.91 Å². The number of nitrogens with zero attached hydrogens (tertiary/aromatic N) is 1. The molecule has 1 unspecified atom stereocenters. The molecule has 14 heteroatoms. The van der Waals surface area contributed by atoms with Crippen molar-refractivity contribution in [3.8, 4) is 0 Å². The lowest BCUT2D eigenvalue weighted by Crippen LogP contribution is -2.62. The zero-order chi connectivity index (χ0) is 34.8. The van der Waals surface area contributed by atoms with E-state index in [2.05, 4.69) is 16.0 Å². The van der Waals surface area contributed by atoms with Crippen molar-refractivity contribution in [2.24, 2.45) is 34.5 Å². The number of carbonyl (C=O) groups is 6. The normalized spacial score (nSPS) is 22.6. The van der Waals surface area contributed by atoms with Crippen molar-refractivity contribution in [2.45, 2.75) is 112 Å². The number of hydrogen-bond donors (Lipinski definition) is 4. The van der Waals surface area contributed by atoms with Crippen LogP contribution in [0.5, 0.6) is 0 Å². The van der Waals surface area contributed by atoms with E-state index in [0.717, 1.165) is 0 Å². The summed E-state index contributed by atoms with van der Waals surface area (Å²) < 4.78 is 37.4. The summed E-state index contributed by atoms with van der Waals surface area (Å²) in [5.74, 6) is -4.44. The Labute approximate surface area is 263 Å². The quantitative estimate of drug-likeness (QED) is 0.226. The van der Waals surface area contributed by atoms with Crippen molar-refractivity contribution in [1.82, 2.24) is 26.2 Å². The van der Waals surface area contributed by atoms with E-state index in [4.69, 9.17) is 0 Å². The number of piperidine rings is 1. The number of hydrogen-bond acceptors (Lipinski definition) is 6. The minimum absolute atomic E-state index is 0.00607. The van der Waals surface area contributed by atoms with E-state index in [0.29, 0.717) is 0 Å². The fraction of sp³-hybridized carbons (Fsp3) is 0.806. The fourth-order valence-corrected chi connectivity index (χ4v) is 6.04. The van der Waals surface area contributed by atoms with Gasteiger partial charge in [-0.05, 0) is 35.0 Å². The number of likely N-dealkylation sites (tertiary alicyclic amines) is 1. The zero-order valence-electron chi connectivity index (χ0n) is 28.0. The van der Waals surface area contributed by atoms with Crippen LogP contribution in [0.2, 0.25) is 0 Å². The molecule has 0 aromatic rings. The second-order valence-corrected chi connectivity index (χ2v) is 14.5. The van der Waals surface area contributed by atoms with E-state index in [9.17, 15) is 41.9 Å². The van der Waals surface area contributed by atoms with Gasteiger partial charge in [0.05, 0.1) is 18.5 Å². The van der Waals surface area contributed by atoms with Gasteiger partial charge in [-0.2, -0.15) is 13.2 Å². The number of Topliss-reactive ketones (excluding diaryl/α,β-unsaturated/α-hetero) is 2. The number of urea groups is 1. The van der Waals surface area contributed by atoms with Crippen LogP contribution >= 0.6 is 0 Å². The first kappa shape index (κ1) is 38.0. The van der Waals surface area contributed by atoms with Crippen molar-refractivity contribution in [3.05, 3.63) is 0 Å². The molecule has 1 saturated carbocycles. The molecule has 1 heterocycles. The molecule has 2 fully saturated rings. The molecule has 0 radical (unpaired) electrons. The molecule has 4 N–H and O–H groups in total. The van der Waals surface area contributed by atoms with Crippen LogP contribution in [0.4, 0.5) is 18.0 Å². The predicted octanol–water partition coefficient (Wildman–Crippen LogP) is 2.97. The Morgan fingerprint density at radius 1 is 0.933 bits per heavy atom. The largest absolute Gasteiger partial charge is 0.390 e. The number of alkyl halides is 3. The van der Waals surface area contributed by atoms with E-state index in [-0.39, 0.29) is 47.8 Å². The Balaban J connectivity index is 2.25. The van der Waals surface area contributed by atoms with E-state index in [1.165, 1.54) is 4.90 Å². The molecule has 0 aromatic carbocycles. The van der Waals surface area contributed by atoms with Gasteiger partial charge < -0.3 is 26.2 Å². The van der Waals surface area contributed by atoms with Crippen LogP contribution < -0.4 is 21.3 Å². The van der Waals surface area contributed by atoms with Gasteiger partial charge >= 0.3 is 12.2 Å². The predicted molar refractivity (Wildman–Crippen MR) is 161 cm³/mol. The SMILES string of the molecule is CCC(NC(=O)[C@@H]1[C@@H]2[C@H](CN1C(=O)[C@@H](NC(=O)N[C@H](C(=O)C(C)C)C(C)C)C(C)(C)C)C2(C)C)C(=O)C(=O)NCCC(F)(F)F. The lowest BCUT2D eigenvalue weighted by Gasteiger charge is -2.38. The van der Waals surface area contributed by atoms with Crippen LogP contribution in [-0.4, -0.2) is 83.7 Å². The van der Waals surface area contributed by atoms with Gasteiger partial charge in [-0.15, -0.1) is 0 Å². The first-order valence-corrected chi connectivity index (χ1v) is 15.6. The van der Waals surface area contributed by atoms with Gasteiger partial charge in [-0.1, -0.05) is 69.2 Å². The van der Waals surface area contributed by atoms with E-state index < -0.39 is 78.3 Å². The van der Waals surface area contributed by atoms with E-state index in [1.54, 1.807) is 55.4 Å². The maximum Gasteiger partial charge on any atom is 0.390 e. The smallest absolute Gasteiger partial charge is 0.349 e. The standard InChI is InChI=1S/C31H50F3N5O6/c1-11-18(23(41)26(43)35-13-12-31(32,33)34)36-25(42)21-19-17(30(19,9)10)14-39(21)27(44)24(29(6,7)8)38-28(45)37-20(15(2)3)22(40)16(4)5/h15-21,24H,11-14H2,1-10H3,(H,35,43)(H,36,42)(H2,37,38,45)/t17-,18?,19-,20-,21-,24+/m0/s1. The summed E-state index contributed by atoms with van der Waals surface area (Å²) in [4.78, 5) is 80.0. The fourth-order valence-electron chi connectivity index (χ4n) is 6.04. The number of carbonyl (C=O) groups excluding carboxylic acids is 6. The Morgan fingerprint density at radius 3 is 1.98 bits per heavy atom. The average Bonchev–Trinajstić information content (AvgIpc) is 3.21. The molecular weight excluding hydrogens is 595 g/mol. The molecule has 5 amide bonds. The Hall–Kier alpha value is -3.19. The van der Waals surface area contributed by atoms with Gasteiger partial charge in [0.1, 0.15) is 12.1 Å². The maximum atomic E-state index is 14.1. The minimum Gasteiger partial charge on any atom is -0.349 e. The molecule has 6 atom stereocenters. The van der Waals surface area contributed by atoms with Gasteiger partial charge in [0.2, 0.25) is 17.6 Å². The van der Waals surface area contributed by atoms with Gasteiger partial charge in [-0.25, -0.2) is 4.79 Å². The van der Waals surface area contributed by atoms with Crippen LogP contribution in [0.15, 0.2) is 0 Å². The third-order valence-corrected chi connectivity index (χ3v) is 8.94. The highest BCUT2D eigenvalue weighted by molar-refractivity contribution is 6.38. The number of ketones is 2. The van der Waals surface area contributed by atoms with Crippen molar-refractivity contribution in [1.29, 1.82) is 0 Å². The van der Waals surface area contributed by atoms with Crippen molar-refractivity contribution < 1.29 is 41.9 Å². The Bertz CT molecular complexity index is 1160. The van der Waals surface area contributed by atoms with Crippen molar-refractivity contribution in [3.63, 3.8) is 0 Å². The number of nitrogens with one attached hydrogen (secondary N) is 4. The lowest BCUT2D eigenvalue weighted by molar-refractivity contribution is -0.146. The summed E-state index contributed by atoms with van der Waals surface area (Å²) in [5, 5.41) is 9.93. The average molecular weight is 646 g/mol. The number of fused-ring (bicyclic) bond motifs is 1. The summed E-state index contributed by atoms with van der Waals surface area (Å²) in [5.41, 5.74) is -1.09. The van der Waals surface area contributed by atoms with Gasteiger partial charge in [-0.3, -0.25) is 24.0 Å². The summed E-state index contributed by atoms with van der Waals surface area (Å²) >= 11 is 0. The zero-order valence-corrected chi connectivity index (χ0v) is 28.0. The molecule has 256 valence electrons. The summed E-state index contributed by atoms with van der Waals surface area (Å²) in [6.07, 6.45) is -5.82. The topological polar surface area (TPSA) is 154 Å². The molecule has 45 heavy (non-hydrogen) atoms. The number of halogens is 3. The van der Waals surface area contributed by atoms with E-state index >= 15 is 0 Å².